The molecule has 2 fully saturated rings. The van der Waals surface area contributed by atoms with Crippen molar-refractivity contribution in [3.05, 3.63) is 65.2 Å². The Morgan fingerprint density at radius 1 is 1.06 bits per heavy atom. The van der Waals surface area contributed by atoms with Gasteiger partial charge in [-0.05, 0) is 74.0 Å². The molecule has 0 amide bonds. The Labute approximate surface area is 192 Å². The maximum atomic E-state index is 12.1. The van der Waals surface area contributed by atoms with Crippen molar-refractivity contribution in [2.24, 2.45) is 0 Å². The van der Waals surface area contributed by atoms with E-state index >= 15 is 0 Å². The minimum Gasteiger partial charge on any atom is -0.368 e. The fourth-order valence-corrected chi connectivity index (χ4v) is 6.94. The van der Waals surface area contributed by atoms with Crippen molar-refractivity contribution in [1.29, 1.82) is 0 Å². The first-order valence-corrected chi connectivity index (χ1v) is 13.8. The molecular weight excluding hydrogens is 418 g/mol. The van der Waals surface area contributed by atoms with E-state index in [1.54, 1.807) is 0 Å². The topological polar surface area (TPSA) is 52.7 Å². The van der Waals surface area contributed by atoms with Crippen molar-refractivity contribution in [2.75, 3.05) is 36.8 Å². The molecule has 2 unspecified atom stereocenters. The van der Waals surface area contributed by atoms with E-state index < -0.39 is 10.0 Å². The number of benzene rings is 2. The Kier molecular flexibility index (Phi) is 6.28. The Morgan fingerprint density at radius 3 is 2.53 bits per heavy atom. The van der Waals surface area contributed by atoms with Crippen LogP contribution in [0.15, 0.2) is 48.5 Å². The molecule has 1 N–H and O–H groups in total. The lowest BCUT2D eigenvalue weighted by Crippen LogP contribution is -2.59. The molecule has 2 saturated heterocycles. The number of fused-ring (bicyclic) bond motifs is 1. The summed E-state index contributed by atoms with van der Waals surface area (Å²) in [6.07, 6.45) is 5.45. The number of nitrogens with zero attached hydrogens (tertiary/aromatic N) is 2. The van der Waals surface area contributed by atoms with Crippen LogP contribution in [0, 0.1) is 0 Å². The number of hydrogen-bond donors (Lipinski definition) is 1. The van der Waals surface area contributed by atoms with Crippen LogP contribution in [-0.4, -0.2) is 57.3 Å². The Balaban J connectivity index is 1.35. The minimum absolute atomic E-state index is 0.0246. The molecule has 0 saturated carbocycles. The van der Waals surface area contributed by atoms with Crippen LogP contribution in [0.25, 0.3) is 0 Å². The van der Waals surface area contributed by atoms with Gasteiger partial charge in [-0.25, -0.2) is 13.1 Å². The summed E-state index contributed by atoms with van der Waals surface area (Å²) in [5, 5.41) is 0. The van der Waals surface area contributed by atoms with E-state index in [0.717, 1.165) is 25.9 Å². The van der Waals surface area contributed by atoms with Crippen LogP contribution in [-0.2, 0) is 22.9 Å². The van der Waals surface area contributed by atoms with E-state index in [9.17, 15) is 8.42 Å². The standard InChI is InChI=1S/C26H35N3O2S/c1-2-15-32(30,31)27-22-18-29(19-22)23-11-9-21-10-12-26(28-13-6-14-28)25(24(21)17-23)16-20-7-4-3-5-8-20/h3-5,7-9,11,17,22,25-27H,2,6,10,12-16,18-19H2,1H3. The summed E-state index contributed by atoms with van der Waals surface area (Å²) in [7, 11) is -3.15. The first kappa shape index (κ1) is 21.9. The molecule has 0 spiro atoms. The highest BCUT2D eigenvalue weighted by atomic mass is 32.2. The zero-order chi connectivity index (χ0) is 22.1. The number of aryl methyl sites for hydroxylation is 1. The fraction of sp³-hybridized carbons (Fsp3) is 0.538. The molecular formula is C26H35N3O2S. The highest BCUT2D eigenvalue weighted by Gasteiger charge is 2.37. The molecule has 0 radical (unpaired) electrons. The van der Waals surface area contributed by atoms with E-state index in [-0.39, 0.29) is 11.8 Å². The third-order valence-corrected chi connectivity index (χ3v) is 9.06. The van der Waals surface area contributed by atoms with Gasteiger partial charge in [0.1, 0.15) is 0 Å². The van der Waals surface area contributed by atoms with Crippen LogP contribution >= 0.6 is 0 Å². The highest BCUT2D eigenvalue weighted by Crippen LogP contribution is 2.40. The predicted molar refractivity (Wildman–Crippen MR) is 131 cm³/mol. The molecule has 2 aromatic rings. The lowest BCUT2D eigenvalue weighted by molar-refractivity contribution is 0.0877. The third kappa shape index (κ3) is 4.59. The molecule has 6 heteroatoms. The van der Waals surface area contributed by atoms with E-state index in [1.165, 1.54) is 48.3 Å². The smallest absolute Gasteiger partial charge is 0.211 e. The largest absolute Gasteiger partial charge is 0.368 e. The van der Waals surface area contributed by atoms with Gasteiger partial charge in [-0.2, -0.15) is 0 Å². The van der Waals surface area contributed by atoms with Crippen molar-refractivity contribution in [3.63, 3.8) is 0 Å². The van der Waals surface area contributed by atoms with Gasteiger partial charge in [-0.1, -0.05) is 43.3 Å². The lowest BCUT2D eigenvalue weighted by atomic mass is 9.74. The molecule has 5 rings (SSSR count). The van der Waals surface area contributed by atoms with Gasteiger partial charge < -0.3 is 4.90 Å². The van der Waals surface area contributed by atoms with E-state index in [4.69, 9.17) is 0 Å². The molecule has 2 heterocycles. The Hall–Kier alpha value is -1.89. The maximum absolute atomic E-state index is 12.1. The fourth-order valence-electron chi connectivity index (χ4n) is 5.63. The molecule has 1 aliphatic carbocycles. The Morgan fingerprint density at radius 2 is 1.84 bits per heavy atom. The van der Waals surface area contributed by atoms with Crippen molar-refractivity contribution in [1.82, 2.24) is 9.62 Å². The number of rotatable bonds is 8. The summed E-state index contributed by atoms with van der Waals surface area (Å²) in [5.74, 6) is 0.725. The molecule has 5 nitrogen and oxygen atoms in total. The summed E-state index contributed by atoms with van der Waals surface area (Å²) >= 11 is 0. The zero-order valence-electron chi connectivity index (χ0n) is 19.0. The van der Waals surface area contributed by atoms with Gasteiger partial charge in [0.05, 0.1) is 11.8 Å². The van der Waals surface area contributed by atoms with Crippen LogP contribution in [0.4, 0.5) is 5.69 Å². The van der Waals surface area contributed by atoms with Gasteiger partial charge in [0, 0.05) is 30.7 Å². The number of likely N-dealkylation sites (tertiary alicyclic amines) is 1. The molecule has 172 valence electrons. The molecule has 0 aromatic heterocycles. The van der Waals surface area contributed by atoms with Gasteiger partial charge in [0.2, 0.25) is 10.0 Å². The van der Waals surface area contributed by atoms with Gasteiger partial charge in [-0.15, -0.1) is 0 Å². The van der Waals surface area contributed by atoms with E-state index in [1.807, 2.05) is 6.92 Å². The first-order chi connectivity index (χ1) is 15.5. The van der Waals surface area contributed by atoms with E-state index in [2.05, 4.69) is 63.1 Å². The molecule has 2 aliphatic heterocycles. The van der Waals surface area contributed by atoms with Gasteiger partial charge in [0.25, 0.3) is 0 Å². The second kappa shape index (κ2) is 9.16. The van der Waals surface area contributed by atoms with Crippen molar-refractivity contribution in [2.45, 2.75) is 57.0 Å². The average molecular weight is 454 g/mol. The molecule has 32 heavy (non-hydrogen) atoms. The normalized spacial score (nSPS) is 24.0. The van der Waals surface area contributed by atoms with Crippen molar-refractivity contribution >= 4 is 15.7 Å². The summed E-state index contributed by atoms with van der Waals surface area (Å²) < 4.78 is 27.0. The van der Waals surface area contributed by atoms with Crippen LogP contribution < -0.4 is 9.62 Å². The lowest BCUT2D eigenvalue weighted by Gasteiger charge is -2.46. The summed E-state index contributed by atoms with van der Waals surface area (Å²) in [6.45, 7) is 5.87. The second-order valence-electron chi connectivity index (χ2n) is 9.71. The molecule has 2 atom stereocenters. The quantitative estimate of drug-likeness (QED) is 0.664. The van der Waals surface area contributed by atoms with E-state index in [0.29, 0.717) is 18.4 Å². The number of nitrogens with one attached hydrogen (secondary N) is 1. The molecule has 2 aromatic carbocycles. The monoisotopic (exact) mass is 453 g/mol. The maximum Gasteiger partial charge on any atom is 0.211 e. The van der Waals surface area contributed by atoms with Gasteiger partial charge in [-0.3, -0.25) is 4.90 Å². The van der Waals surface area contributed by atoms with Gasteiger partial charge in [0.15, 0.2) is 0 Å². The van der Waals surface area contributed by atoms with Gasteiger partial charge >= 0.3 is 0 Å². The minimum atomic E-state index is -3.15. The predicted octanol–water partition coefficient (Wildman–Crippen LogP) is 3.55. The zero-order valence-corrected chi connectivity index (χ0v) is 19.9. The van der Waals surface area contributed by atoms with Crippen molar-refractivity contribution < 1.29 is 8.42 Å². The Bertz CT molecular complexity index is 1030. The van der Waals surface area contributed by atoms with Crippen LogP contribution in [0.1, 0.15) is 48.8 Å². The summed E-state index contributed by atoms with van der Waals surface area (Å²) in [5.41, 5.74) is 5.64. The summed E-state index contributed by atoms with van der Waals surface area (Å²) in [4.78, 5) is 5.00. The number of sulfonamides is 1. The SMILES string of the molecule is CCCS(=O)(=O)NC1CN(c2ccc3c(c2)C(Cc2ccccc2)C(N2CCC2)CC3)C1. The number of hydrogen-bond acceptors (Lipinski definition) is 4. The van der Waals surface area contributed by atoms with Crippen LogP contribution in [0.5, 0.6) is 0 Å². The molecule has 3 aliphatic rings. The highest BCUT2D eigenvalue weighted by molar-refractivity contribution is 7.89. The number of anilines is 1. The first-order valence-electron chi connectivity index (χ1n) is 12.2. The van der Waals surface area contributed by atoms with Crippen LogP contribution in [0.3, 0.4) is 0 Å². The van der Waals surface area contributed by atoms with Crippen molar-refractivity contribution in [3.8, 4) is 0 Å². The van der Waals surface area contributed by atoms with Crippen LogP contribution in [0.2, 0.25) is 0 Å². The molecule has 0 bridgehead atoms. The second-order valence-corrected chi connectivity index (χ2v) is 11.6. The summed E-state index contributed by atoms with van der Waals surface area (Å²) in [6, 6.07) is 18.5. The average Bonchev–Trinajstić information content (AvgIpc) is 2.71. The third-order valence-electron chi connectivity index (χ3n) is 7.43.